The molecule has 0 spiro atoms. The van der Waals surface area contributed by atoms with E-state index in [-0.39, 0.29) is 10.6 Å². The molecule has 0 aliphatic heterocycles. The van der Waals surface area contributed by atoms with E-state index in [1.54, 1.807) is 4.68 Å². The Labute approximate surface area is 200 Å². The summed E-state index contributed by atoms with van der Waals surface area (Å²) in [6.45, 7) is 3.79. The molecule has 4 rings (SSSR count). The molecule has 3 N–H and O–H groups in total. The third kappa shape index (κ3) is 5.47. The SMILES string of the molecule is Cc1cc(C)nc(SCc2c(C(=O)Nc3ccc(S(N)(=O)=O)cc3)nnn2-c2ccccc2)n1. The smallest absolute Gasteiger partial charge is 0.278 e. The summed E-state index contributed by atoms with van der Waals surface area (Å²) in [4.78, 5) is 21.9. The number of para-hydroxylation sites is 1. The van der Waals surface area contributed by atoms with Gasteiger partial charge in [0.2, 0.25) is 10.0 Å². The maximum absolute atomic E-state index is 13.1. The first-order valence-corrected chi connectivity index (χ1v) is 12.6. The largest absolute Gasteiger partial charge is 0.321 e. The Bertz CT molecular complexity index is 1420. The highest BCUT2D eigenvalue weighted by atomic mass is 32.2. The topological polar surface area (TPSA) is 146 Å². The highest BCUT2D eigenvalue weighted by Crippen LogP contribution is 2.24. The normalized spacial score (nSPS) is 11.4. The van der Waals surface area contributed by atoms with Crippen LogP contribution in [0.15, 0.2) is 70.7 Å². The van der Waals surface area contributed by atoms with Gasteiger partial charge in [-0.3, -0.25) is 4.79 Å². The monoisotopic (exact) mass is 495 g/mol. The van der Waals surface area contributed by atoms with Crippen molar-refractivity contribution in [1.82, 2.24) is 25.0 Å². The zero-order chi connectivity index (χ0) is 24.3. The van der Waals surface area contributed by atoms with Crippen molar-refractivity contribution >= 4 is 33.4 Å². The summed E-state index contributed by atoms with van der Waals surface area (Å²) in [5.41, 5.74) is 3.55. The summed E-state index contributed by atoms with van der Waals surface area (Å²) in [7, 11) is -3.83. The minimum atomic E-state index is -3.83. The highest BCUT2D eigenvalue weighted by molar-refractivity contribution is 7.98. The average Bonchev–Trinajstić information content (AvgIpc) is 3.21. The van der Waals surface area contributed by atoms with Crippen LogP contribution in [-0.2, 0) is 15.8 Å². The van der Waals surface area contributed by atoms with E-state index in [9.17, 15) is 13.2 Å². The van der Waals surface area contributed by atoms with E-state index < -0.39 is 15.9 Å². The molecule has 10 nitrogen and oxygen atoms in total. The molecule has 0 atom stereocenters. The van der Waals surface area contributed by atoms with Gasteiger partial charge in [-0.2, -0.15) is 0 Å². The van der Waals surface area contributed by atoms with E-state index >= 15 is 0 Å². The van der Waals surface area contributed by atoms with Crippen LogP contribution in [0.1, 0.15) is 27.6 Å². The van der Waals surface area contributed by atoms with Gasteiger partial charge in [0.05, 0.1) is 16.3 Å². The van der Waals surface area contributed by atoms with Crippen LogP contribution in [0, 0.1) is 13.8 Å². The number of sulfonamides is 1. The molecule has 2 aromatic carbocycles. The summed E-state index contributed by atoms with van der Waals surface area (Å²) in [5.74, 6) is -0.139. The maximum atomic E-state index is 13.1. The first kappa shape index (κ1) is 23.5. The molecule has 0 radical (unpaired) electrons. The van der Waals surface area contributed by atoms with Crippen LogP contribution in [0.4, 0.5) is 5.69 Å². The number of amides is 1. The second-order valence-corrected chi connectivity index (χ2v) is 9.88. The number of nitrogens with two attached hydrogens (primary N) is 1. The molecule has 12 heteroatoms. The number of aromatic nitrogens is 5. The number of primary sulfonamides is 1. The Balaban J connectivity index is 1.63. The van der Waals surface area contributed by atoms with Gasteiger partial charge in [-0.15, -0.1) is 5.10 Å². The maximum Gasteiger partial charge on any atom is 0.278 e. The summed E-state index contributed by atoms with van der Waals surface area (Å²) in [5, 5.41) is 16.8. The van der Waals surface area contributed by atoms with Crippen molar-refractivity contribution in [1.29, 1.82) is 0 Å². The first-order chi connectivity index (χ1) is 16.2. The van der Waals surface area contributed by atoms with Gasteiger partial charge in [-0.1, -0.05) is 35.2 Å². The van der Waals surface area contributed by atoms with E-state index in [4.69, 9.17) is 5.14 Å². The Morgan fingerprint density at radius 3 is 2.29 bits per heavy atom. The van der Waals surface area contributed by atoms with Gasteiger partial charge < -0.3 is 5.32 Å². The molecule has 2 aromatic heterocycles. The molecule has 2 heterocycles. The molecule has 1 amide bonds. The lowest BCUT2D eigenvalue weighted by atomic mass is 10.2. The first-order valence-electron chi connectivity index (χ1n) is 10.1. The van der Waals surface area contributed by atoms with E-state index in [0.717, 1.165) is 17.1 Å². The zero-order valence-corrected chi connectivity index (χ0v) is 20.0. The molecule has 0 bridgehead atoms. The van der Waals surface area contributed by atoms with E-state index in [2.05, 4.69) is 25.6 Å². The fourth-order valence-corrected chi connectivity index (χ4v) is 4.65. The summed E-state index contributed by atoms with van der Waals surface area (Å²) >= 11 is 1.37. The lowest BCUT2D eigenvalue weighted by Gasteiger charge is -2.09. The Morgan fingerprint density at radius 2 is 1.68 bits per heavy atom. The van der Waals surface area contributed by atoms with E-state index in [1.807, 2.05) is 50.2 Å². The van der Waals surface area contributed by atoms with Crippen molar-refractivity contribution in [2.45, 2.75) is 29.7 Å². The van der Waals surface area contributed by atoms with Crippen LogP contribution in [0.5, 0.6) is 0 Å². The molecule has 0 aliphatic carbocycles. The van der Waals surface area contributed by atoms with Crippen molar-refractivity contribution in [2.24, 2.45) is 5.14 Å². The number of rotatable bonds is 7. The molecular formula is C22H21N7O3S2. The zero-order valence-electron chi connectivity index (χ0n) is 18.3. The number of nitrogens with zero attached hydrogens (tertiary/aromatic N) is 5. The second kappa shape index (κ2) is 9.71. The van der Waals surface area contributed by atoms with Crippen LogP contribution in [0.3, 0.4) is 0 Å². The number of carbonyl (C=O) groups is 1. The summed E-state index contributed by atoms with van der Waals surface area (Å²) in [6, 6.07) is 16.8. The van der Waals surface area contributed by atoms with Crippen molar-refractivity contribution in [3.05, 3.63) is 83.4 Å². The lowest BCUT2D eigenvalue weighted by molar-refractivity contribution is 0.102. The fourth-order valence-electron chi connectivity index (χ4n) is 3.19. The molecule has 34 heavy (non-hydrogen) atoms. The quantitative estimate of drug-likeness (QED) is 0.294. The van der Waals surface area contributed by atoms with Crippen molar-refractivity contribution < 1.29 is 13.2 Å². The standard InChI is InChI=1S/C22H21N7O3S2/c1-14-12-15(2)25-22(24-14)33-13-19-20(27-28-29(19)17-6-4-3-5-7-17)21(30)26-16-8-10-18(11-9-16)34(23,31)32/h3-12H,13H2,1-2H3,(H,26,30)(H2,23,31,32). The van der Waals surface area contributed by atoms with Gasteiger partial charge in [0.25, 0.3) is 5.91 Å². The Morgan fingerprint density at radius 1 is 1.03 bits per heavy atom. The molecular weight excluding hydrogens is 474 g/mol. The van der Waals surface area contributed by atoms with Crippen LogP contribution < -0.4 is 10.5 Å². The van der Waals surface area contributed by atoms with Crippen molar-refractivity contribution in [3.63, 3.8) is 0 Å². The fraction of sp³-hybridized carbons (Fsp3) is 0.136. The highest BCUT2D eigenvalue weighted by Gasteiger charge is 2.22. The number of thioether (sulfide) groups is 1. The van der Waals surface area contributed by atoms with Crippen LogP contribution in [-0.4, -0.2) is 39.3 Å². The molecule has 0 saturated carbocycles. The number of hydrogen-bond acceptors (Lipinski definition) is 8. The average molecular weight is 496 g/mol. The molecule has 0 fully saturated rings. The van der Waals surface area contributed by atoms with Gasteiger partial charge >= 0.3 is 0 Å². The third-order valence-electron chi connectivity index (χ3n) is 4.72. The van der Waals surface area contributed by atoms with E-state index in [0.29, 0.717) is 22.3 Å². The Hall–Kier alpha value is -3.61. The van der Waals surface area contributed by atoms with E-state index in [1.165, 1.54) is 36.0 Å². The van der Waals surface area contributed by atoms with Gasteiger partial charge in [-0.25, -0.2) is 28.2 Å². The second-order valence-electron chi connectivity index (χ2n) is 7.38. The van der Waals surface area contributed by atoms with Gasteiger partial charge in [-0.05, 0) is 56.3 Å². The number of carbonyl (C=O) groups excluding carboxylic acids is 1. The van der Waals surface area contributed by atoms with Gasteiger partial charge in [0, 0.05) is 22.8 Å². The summed E-state index contributed by atoms with van der Waals surface area (Å²) < 4.78 is 24.5. The van der Waals surface area contributed by atoms with Gasteiger partial charge in [0.15, 0.2) is 10.9 Å². The molecule has 0 saturated heterocycles. The summed E-state index contributed by atoms with van der Waals surface area (Å²) in [6.07, 6.45) is 0. The third-order valence-corrected chi connectivity index (χ3v) is 6.51. The van der Waals surface area contributed by atoms with Crippen LogP contribution in [0.25, 0.3) is 5.69 Å². The lowest BCUT2D eigenvalue weighted by Crippen LogP contribution is -2.16. The molecule has 174 valence electrons. The van der Waals surface area contributed by atoms with Crippen LogP contribution >= 0.6 is 11.8 Å². The number of benzene rings is 2. The van der Waals surface area contributed by atoms with Crippen molar-refractivity contribution in [3.8, 4) is 5.69 Å². The molecule has 0 aliphatic rings. The minimum Gasteiger partial charge on any atom is -0.321 e. The number of aryl methyl sites for hydroxylation is 2. The van der Waals surface area contributed by atoms with Crippen molar-refractivity contribution in [2.75, 3.05) is 5.32 Å². The predicted molar refractivity (Wildman–Crippen MR) is 128 cm³/mol. The molecule has 0 unspecified atom stereocenters. The van der Waals surface area contributed by atoms with Crippen LogP contribution in [0.2, 0.25) is 0 Å². The predicted octanol–water partition coefficient (Wildman–Crippen LogP) is 2.87. The van der Waals surface area contributed by atoms with Gasteiger partial charge in [0.1, 0.15) is 0 Å². The minimum absolute atomic E-state index is 0.0499. The number of anilines is 1. The molecule has 4 aromatic rings. The number of hydrogen-bond donors (Lipinski definition) is 2. The Kier molecular flexibility index (Phi) is 6.72. The number of nitrogens with one attached hydrogen (secondary N) is 1.